The van der Waals surface area contributed by atoms with Gasteiger partial charge in [0.1, 0.15) is 0 Å². The Morgan fingerprint density at radius 2 is 1.70 bits per heavy atom. The standard InChI is InChI=1S/C16H31N3O/c1-16(2,3)17-9-8-15(20)19-12-10-18(11-13-19)14-6-4-5-7-14/h14,17H,4-13H2,1-3H3. The van der Waals surface area contributed by atoms with Gasteiger partial charge in [0.05, 0.1) is 0 Å². The minimum atomic E-state index is 0.0987. The summed E-state index contributed by atoms with van der Waals surface area (Å²) in [7, 11) is 0. The molecular weight excluding hydrogens is 250 g/mol. The van der Waals surface area contributed by atoms with Gasteiger partial charge in [-0.15, -0.1) is 0 Å². The molecular formula is C16H31N3O. The zero-order valence-corrected chi connectivity index (χ0v) is 13.5. The van der Waals surface area contributed by atoms with Gasteiger partial charge in [0.2, 0.25) is 5.91 Å². The van der Waals surface area contributed by atoms with Crippen LogP contribution in [0.2, 0.25) is 0 Å². The van der Waals surface area contributed by atoms with Crippen molar-refractivity contribution >= 4 is 5.91 Å². The highest BCUT2D eigenvalue weighted by Crippen LogP contribution is 2.24. The molecule has 1 N–H and O–H groups in total. The molecule has 1 aliphatic carbocycles. The number of carbonyl (C=O) groups excluding carboxylic acids is 1. The molecule has 116 valence electrons. The first-order chi connectivity index (χ1) is 9.46. The number of rotatable bonds is 4. The van der Waals surface area contributed by atoms with Crippen molar-refractivity contribution in [3.63, 3.8) is 0 Å². The summed E-state index contributed by atoms with van der Waals surface area (Å²) in [5, 5.41) is 3.39. The molecule has 4 heteroatoms. The van der Waals surface area contributed by atoms with E-state index in [-0.39, 0.29) is 5.54 Å². The summed E-state index contributed by atoms with van der Waals surface area (Å²) in [6.07, 6.45) is 6.14. The fourth-order valence-corrected chi connectivity index (χ4v) is 3.31. The van der Waals surface area contributed by atoms with Crippen LogP contribution in [0.25, 0.3) is 0 Å². The lowest BCUT2D eigenvalue weighted by Gasteiger charge is -2.38. The van der Waals surface area contributed by atoms with E-state index in [4.69, 9.17) is 0 Å². The maximum Gasteiger partial charge on any atom is 0.223 e. The van der Waals surface area contributed by atoms with Crippen LogP contribution in [0, 0.1) is 0 Å². The number of nitrogens with zero attached hydrogens (tertiary/aromatic N) is 2. The zero-order chi connectivity index (χ0) is 14.6. The summed E-state index contributed by atoms with van der Waals surface area (Å²) >= 11 is 0. The Morgan fingerprint density at radius 3 is 2.25 bits per heavy atom. The van der Waals surface area contributed by atoms with Crippen molar-refractivity contribution < 1.29 is 4.79 Å². The van der Waals surface area contributed by atoms with Gasteiger partial charge in [0, 0.05) is 50.7 Å². The molecule has 0 aromatic rings. The Hall–Kier alpha value is -0.610. The summed E-state index contributed by atoms with van der Waals surface area (Å²) < 4.78 is 0. The molecule has 1 saturated carbocycles. The zero-order valence-electron chi connectivity index (χ0n) is 13.5. The maximum atomic E-state index is 12.2. The molecule has 2 fully saturated rings. The number of hydrogen-bond acceptors (Lipinski definition) is 3. The van der Waals surface area contributed by atoms with E-state index in [1.165, 1.54) is 25.7 Å². The van der Waals surface area contributed by atoms with Crippen LogP contribution in [-0.2, 0) is 4.79 Å². The van der Waals surface area contributed by atoms with Crippen LogP contribution in [0.4, 0.5) is 0 Å². The minimum Gasteiger partial charge on any atom is -0.340 e. The van der Waals surface area contributed by atoms with Crippen molar-refractivity contribution in [2.24, 2.45) is 0 Å². The third-order valence-electron chi connectivity index (χ3n) is 4.50. The van der Waals surface area contributed by atoms with Crippen molar-refractivity contribution in [2.75, 3.05) is 32.7 Å². The predicted molar refractivity (Wildman–Crippen MR) is 82.8 cm³/mol. The first-order valence-electron chi connectivity index (χ1n) is 8.22. The van der Waals surface area contributed by atoms with Gasteiger partial charge in [-0.3, -0.25) is 9.69 Å². The van der Waals surface area contributed by atoms with Gasteiger partial charge in [-0.1, -0.05) is 12.8 Å². The highest BCUT2D eigenvalue weighted by atomic mass is 16.2. The number of piperazine rings is 1. The van der Waals surface area contributed by atoms with E-state index in [0.717, 1.165) is 38.8 Å². The summed E-state index contributed by atoms with van der Waals surface area (Å²) in [6.45, 7) is 11.2. The van der Waals surface area contributed by atoms with Crippen LogP contribution >= 0.6 is 0 Å². The quantitative estimate of drug-likeness (QED) is 0.854. The van der Waals surface area contributed by atoms with E-state index in [2.05, 4.69) is 35.9 Å². The molecule has 0 bridgehead atoms. The Labute approximate surface area is 123 Å². The minimum absolute atomic E-state index is 0.0987. The summed E-state index contributed by atoms with van der Waals surface area (Å²) in [4.78, 5) is 16.8. The van der Waals surface area contributed by atoms with Gasteiger partial charge in [0.15, 0.2) is 0 Å². The monoisotopic (exact) mass is 281 g/mol. The first kappa shape index (κ1) is 15.8. The van der Waals surface area contributed by atoms with Crippen molar-refractivity contribution in [3.8, 4) is 0 Å². The molecule has 0 spiro atoms. The third-order valence-corrected chi connectivity index (χ3v) is 4.50. The Bertz CT molecular complexity index is 310. The number of amides is 1. The molecule has 4 nitrogen and oxygen atoms in total. The normalized spacial score (nSPS) is 22.4. The van der Waals surface area contributed by atoms with E-state index >= 15 is 0 Å². The molecule has 1 heterocycles. The van der Waals surface area contributed by atoms with Gasteiger partial charge >= 0.3 is 0 Å². The lowest BCUT2D eigenvalue weighted by atomic mass is 10.1. The fourth-order valence-electron chi connectivity index (χ4n) is 3.31. The molecule has 20 heavy (non-hydrogen) atoms. The lowest BCUT2D eigenvalue weighted by Crippen LogP contribution is -2.52. The smallest absolute Gasteiger partial charge is 0.223 e. The van der Waals surface area contributed by atoms with Crippen LogP contribution in [0.3, 0.4) is 0 Å². The summed E-state index contributed by atoms with van der Waals surface area (Å²) in [6, 6.07) is 0.801. The van der Waals surface area contributed by atoms with Gasteiger partial charge < -0.3 is 10.2 Å². The highest BCUT2D eigenvalue weighted by Gasteiger charge is 2.27. The second kappa shape index (κ2) is 6.90. The number of carbonyl (C=O) groups is 1. The molecule has 2 rings (SSSR count). The molecule has 2 aliphatic rings. The predicted octanol–water partition coefficient (Wildman–Crippen LogP) is 1.85. The van der Waals surface area contributed by atoms with E-state index in [9.17, 15) is 4.79 Å². The number of hydrogen-bond donors (Lipinski definition) is 1. The average molecular weight is 281 g/mol. The second-order valence-corrected chi connectivity index (χ2v) is 7.28. The Kier molecular flexibility index (Phi) is 5.44. The van der Waals surface area contributed by atoms with Crippen LogP contribution in [-0.4, -0.2) is 60.0 Å². The average Bonchev–Trinajstić information content (AvgIpc) is 2.91. The molecule has 0 atom stereocenters. The molecule has 1 saturated heterocycles. The fraction of sp³-hybridized carbons (Fsp3) is 0.938. The van der Waals surface area contributed by atoms with Gasteiger partial charge in [0.25, 0.3) is 0 Å². The van der Waals surface area contributed by atoms with Gasteiger partial charge in [-0.25, -0.2) is 0 Å². The van der Waals surface area contributed by atoms with Crippen molar-refractivity contribution in [2.45, 2.75) is 64.5 Å². The van der Waals surface area contributed by atoms with Crippen molar-refractivity contribution in [3.05, 3.63) is 0 Å². The molecule has 0 aromatic carbocycles. The summed E-state index contributed by atoms with van der Waals surface area (Å²) in [5.41, 5.74) is 0.0987. The van der Waals surface area contributed by atoms with Crippen LogP contribution < -0.4 is 5.32 Å². The van der Waals surface area contributed by atoms with Crippen LogP contribution in [0.5, 0.6) is 0 Å². The second-order valence-electron chi connectivity index (χ2n) is 7.28. The lowest BCUT2D eigenvalue weighted by molar-refractivity contribution is -0.133. The molecule has 0 aromatic heterocycles. The molecule has 0 radical (unpaired) electrons. The van der Waals surface area contributed by atoms with Crippen molar-refractivity contribution in [1.29, 1.82) is 0 Å². The van der Waals surface area contributed by atoms with E-state index in [0.29, 0.717) is 12.3 Å². The SMILES string of the molecule is CC(C)(C)NCCC(=O)N1CCN(C2CCCC2)CC1. The van der Waals surface area contributed by atoms with Crippen LogP contribution in [0.1, 0.15) is 52.9 Å². The molecule has 1 amide bonds. The Balaban J connectivity index is 1.66. The van der Waals surface area contributed by atoms with Crippen molar-refractivity contribution in [1.82, 2.24) is 15.1 Å². The van der Waals surface area contributed by atoms with Gasteiger partial charge in [-0.05, 0) is 33.6 Å². The topological polar surface area (TPSA) is 35.6 Å². The molecule has 0 unspecified atom stereocenters. The summed E-state index contributed by atoms with van der Waals surface area (Å²) in [5.74, 6) is 0.313. The highest BCUT2D eigenvalue weighted by molar-refractivity contribution is 5.76. The maximum absolute atomic E-state index is 12.2. The van der Waals surface area contributed by atoms with E-state index in [1.54, 1.807) is 0 Å². The number of nitrogens with one attached hydrogen (secondary N) is 1. The van der Waals surface area contributed by atoms with E-state index in [1.807, 2.05) is 0 Å². The van der Waals surface area contributed by atoms with Crippen LogP contribution in [0.15, 0.2) is 0 Å². The first-order valence-corrected chi connectivity index (χ1v) is 8.22. The van der Waals surface area contributed by atoms with Gasteiger partial charge in [-0.2, -0.15) is 0 Å². The largest absolute Gasteiger partial charge is 0.340 e. The van der Waals surface area contributed by atoms with E-state index < -0.39 is 0 Å². The third kappa shape index (κ3) is 4.74. The molecule has 1 aliphatic heterocycles. The Morgan fingerprint density at radius 1 is 1.10 bits per heavy atom.